The average Bonchev–Trinajstić information content (AvgIpc) is 3.03. The largest absolute Gasteiger partial charge is 0.660 e. The normalized spacial score (nSPS) is 12.4. The Labute approximate surface area is 322 Å². The van der Waals surface area contributed by atoms with Crippen molar-refractivity contribution in [3.8, 4) is 0 Å². The van der Waals surface area contributed by atoms with Crippen molar-refractivity contribution < 1.29 is 63.5 Å². The Morgan fingerprint density at radius 1 is 0.587 bits per heavy atom. The Morgan fingerprint density at radius 3 is 1.46 bits per heavy atom. The number of esters is 1. The minimum atomic E-state index is -0.341. The molecule has 1 amide bonds. The van der Waals surface area contributed by atoms with Gasteiger partial charge in [0.2, 0.25) is 5.91 Å². The molecule has 0 heterocycles. The first-order valence-corrected chi connectivity index (χ1v) is 19.8. The SMILES string of the molecule is CCCCCCCCCCCCCC(=O)N[C@@H](CO)C[N-]CC[C@@H](CCCCCCC)OC(=O)CCCCCCCCCCC.[Ac]. The van der Waals surface area contributed by atoms with Crippen LogP contribution in [0.4, 0.5) is 0 Å². The van der Waals surface area contributed by atoms with E-state index in [4.69, 9.17) is 4.74 Å². The second kappa shape index (κ2) is 39.7. The van der Waals surface area contributed by atoms with Crippen molar-refractivity contribution >= 4 is 11.9 Å². The van der Waals surface area contributed by atoms with Gasteiger partial charge in [0.1, 0.15) is 6.10 Å². The van der Waals surface area contributed by atoms with Crippen LogP contribution >= 0.6 is 0 Å². The maximum atomic E-state index is 12.6. The van der Waals surface area contributed by atoms with Gasteiger partial charge in [-0.1, -0.05) is 162 Å². The third kappa shape index (κ3) is 35.6. The van der Waals surface area contributed by atoms with Crippen molar-refractivity contribution in [2.24, 2.45) is 0 Å². The Morgan fingerprint density at radius 2 is 1.00 bits per heavy atom. The summed E-state index contributed by atoms with van der Waals surface area (Å²) < 4.78 is 5.91. The van der Waals surface area contributed by atoms with Gasteiger partial charge in [-0.15, -0.1) is 13.1 Å². The molecule has 0 aliphatic carbocycles. The monoisotopic (exact) mass is 865 g/mol. The standard InChI is InChI=1S/C39H77N2O4.Ac/c1-4-7-10-13-15-17-18-20-21-24-27-30-38(43)41-36(35-42)34-40-33-32-37(29-26-23-12-9-6-3)45-39(44)31-28-25-22-19-16-14-11-8-5-2;/h36-37,42H,4-35H2,1-3H3,(H,41,43);/q-1;/t36-,37-;/m1./s1. The summed E-state index contributed by atoms with van der Waals surface area (Å²) in [4.78, 5) is 25.0. The number of aliphatic hydroxyl groups is 1. The summed E-state index contributed by atoms with van der Waals surface area (Å²) in [5.41, 5.74) is 0. The van der Waals surface area contributed by atoms with Gasteiger partial charge in [-0.25, -0.2) is 0 Å². The minimum Gasteiger partial charge on any atom is -0.660 e. The second-order valence-corrected chi connectivity index (χ2v) is 13.5. The molecular formula is C39H77AcN2O4-. The van der Waals surface area contributed by atoms with Gasteiger partial charge in [-0.3, -0.25) is 9.59 Å². The molecule has 1 radical (unpaired) electrons. The van der Waals surface area contributed by atoms with Crippen molar-refractivity contribution in [2.45, 2.75) is 219 Å². The van der Waals surface area contributed by atoms with Crippen LogP contribution in [0, 0.1) is 44.1 Å². The Hall–Kier alpha value is 0.302. The Kier molecular flexibility index (Phi) is 41.8. The van der Waals surface area contributed by atoms with E-state index in [1.165, 1.54) is 128 Å². The summed E-state index contributed by atoms with van der Waals surface area (Å²) in [7, 11) is 0. The Bertz CT molecular complexity index is 637. The molecule has 0 aromatic heterocycles. The van der Waals surface area contributed by atoms with Crippen molar-refractivity contribution in [1.29, 1.82) is 0 Å². The van der Waals surface area contributed by atoms with E-state index in [1.807, 2.05) is 0 Å². The average molecular weight is 865 g/mol. The Balaban J connectivity index is 0. The second-order valence-electron chi connectivity index (χ2n) is 13.5. The molecular weight excluding hydrogens is 787 g/mol. The van der Waals surface area contributed by atoms with E-state index in [0.29, 0.717) is 32.4 Å². The van der Waals surface area contributed by atoms with E-state index in [0.717, 1.165) is 38.5 Å². The zero-order chi connectivity index (χ0) is 33.1. The molecule has 7 heteroatoms. The van der Waals surface area contributed by atoms with Gasteiger partial charge in [-0.2, -0.15) is 0 Å². The molecule has 0 unspecified atom stereocenters. The van der Waals surface area contributed by atoms with E-state index in [-0.39, 0.29) is 74.7 Å². The van der Waals surface area contributed by atoms with Gasteiger partial charge >= 0.3 is 5.97 Å². The molecule has 6 nitrogen and oxygen atoms in total. The van der Waals surface area contributed by atoms with E-state index < -0.39 is 0 Å². The number of rotatable bonds is 36. The third-order valence-corrected chi connectivity index (χ3v) is 8.96. The van der Waals surface area contributed by atoms with Crippen molar-refractivity contribution in [3.05, 3.63) is 5.32 Å². The third-order valence-electron chi connectivity index (χ3n) is 8.96. The van der Waals surface area contributed by atoms with Gasteiger partial charge in [0.25, 0.3) is 0 Å². The molecule has 0 aliphatic rings. The fourth-order valence-electron chi connectivity index (χ4n) is 5.94. The molecule has 0 bridgehead atoms. The summed E-state index contributed by atoms with van der Waals surface area (Å²) in [6.45, 7) is 7.60. The number of hydrogen-bond acceptors (Lipinski definition) is 4. The van der Waals surface area contributed by atoms with Crippen LogP contribution in [0.5, 0.6) is 0 Å². The summed E-state index contributed by atoms with van der Waals surface area (Å²) in [5, 5.41) is 17.4. The summed E-state index contributed by atoms with van der Waals surface area (Å²) in [5.74, 6) is -0.0602. The molecule has 0 spiro atoms. The predicted octanol–water partition coefficient (Wildman–Crippen LogP) is 11.1. The van der Waals surface area contributed by atoms with Crippen LogP contribution in [-0.2, 0) is 14.3 Å². The van der Waals surface area contributed by atoms with E-state index in [9.17, 15) is 14.7 Å². The van der Waals surface area contributed by atoms with Gasteiger partial charge in [0.05, 0.1) is 6.61 Å². The summed E-state index contributed by atoms with van der Waals surface area (Å²) >= 11 is 0. The topological polar surface area (TPSA) is 89.7 Å². The summed E-state index contributed by atoms with van der Waals surface area (Å²) in [6.07, 6.45) is 33.5. The number of hydrogen-bond donors (Lipinski definition) is 2. The van der Waals surface area contributed by atoms with E-state index in [1.54, 1.807) is 0 Å². The first-order chi connectivity index (χ1) is 22.1. The fraction of sp³-hybridized carbons (Fsp3) is 0.949. The number of nitrogens with zero attached hydrogens (tertiary/aromatic N) is 1. The maximum Gasteiger partial charge on any atom is 0.306 e. The van der Waals surface area contributed by atoms with E-state index >= 15 is 0 Å². The van der Waals surface area contributed by atoms with Crippen LogP contribution < -0.4 is 5.32 Å². The van der Waals surface area contributed by atoms with E-state index in [2.05, 4.69) is 31.4 Å². The molecule has 0 saturated heterocycles. The van der Waals surface area contributed by atoms with Crippen molar-refractivity contribution in [2.75, 3.05) is 19.7 Å². The first-order valence-electron chi connectivity index (χ1n) is 19.8. The molecule has 0 aromatic carbocycles. The zero-order valence-corrected chi connectivity index (χ0v) is 35.7. The van der Waals surface area contributed by atoms with Crippen molar-refractivity contribution in [3.63, 3.8) is 0 Å². The molecule has 0 saturated carbocycles. The quantitative estimate of drug-likeness (QED) is 0.0485. The smallest absolute Gasteiger partial charge is 0.306 e. The zero-order valence-electron chi connectivity index (χ0n) is 31.0. The van der Waals surface area contributed by atoms with Crippen LogP contribution in [0.25, 0.3) is 5.32 Å². The summed E-state index contributed by atoms with van der Waals surface area (Å²) in [6, 6.07) is -0.341. The first kappa shape index (κ1) is 48.4. The number of ether oxygens (including phenoxy) is 1. The van der Waals surface area contributed by atoms with Crippen LogP contribution in [0.2, 0.25) is 0 Å². The number of carbonyl (C=O) groups is 2. The van der Waals surface area contributed by atoms with Gasteiger partial charge in [0, 0.05) is 62.9 Å². The van der Waals surface area contributed by atoms with Crippen LogP contribution in [0.15, 0.2) is 0 Å². The van der Waals surface area contributed by atoms with Gasteiger partial charge in [-0.05, 0) is 32.1 Å². The molecule has 0 aromatic rings. The molecule has 271 valence electrons. The number of nitrogens with one attached hydrogen (secondary N) is 1. The molecule has 0 rings (SSSR count). The number of amides is 1. The van der Waals surface area contributed by atoms with Crippen LogP contribution in [-0.4, -0.2) is 48.8 Å². The predicted molar refractivity (Wildman–Crippen MR) is 193 cm³/mol. The van der Waals surface area contributed by atoms with Crippen LogP contribution in [0.1, 0.15) is 207 Å². The molecule has 0 fully saturated rings. The number of unbranched alkanes of at least 4 members (excludes halogenated alkanes) is 22. The molecule has 0 aliphatic heterocycles. The van der Waals surface area contributed by atoms with Crippen molar-refractivity contribution in [1.82, 2.24) is 5.32 Å². The van der Waals surface area contributed by atoms with Gasteiger partial charge in [0.15, 0.2) is 0 Å². The number of carbonyl (C=O) groups excluding carboxylic acids is 2. The minimum absolute atomic E-state index is 0. The fourth-order valence-corrected chi connectivity index (χ4v) is 5.94. The molecule has 46 heavy (non-hydrogen) atoms. The van der Waals surface area contributed by atoms with Crippen LogP contribution in [0.3, 0.4) is 0 Å². The van der Waals surface area contributed by atoms with Gasteiger partial charge < -0.3 is 20.5 Å². The molecule has 2 atom stereocenters. The molecule has 2 N–H and O–H groups in total. The number of aliphatic hydroxyl groups excluding tert-OH is 1. The maximum absolute atomic E-state index is 12.6.